The summed E-state index contributed by atoms with van der Waals surface area (Å²) in [6, 6.07) is 0. The predicted molar refractivity (Wildman–Crippen MR) is 43.2 cm³/mol. The van der Waals surface area contributed by atoms with Crippen molar-refractivity contribution in [1.82, 2.24) is 0 Å². The van der Waals surface area contributed by atoms with Crippen LogP contribution in [0, 0.1) is 0 Å². The lowest BCUT2D eigenvalue weighted by molar-refractivity contribution is -0.152. The molecule has 0 aliphatic carbocycles. The average Bonchev–Trinajstić information content (AvgIpc) is 2.16. The smallest absolute Gasteiger partial charge is 0.279 e. The van der Waals surface area contributed by atoms with Crippen LogP contribution in [0.3, 0.4) is 0 Å². The SMILES string of the molecule is CCC(O[PH](=O)ON)O[PH](=O)OO. The molecule has 8 nitrogen and oxygen atoms in total. The van der Waals surface area contributed by atoms with Crippen LogP contribution in [0.5, 0.6) is 0 Å². The Morgan fingerprint density at radius 3 is 2.31 bits per heavy atom. The molecule has 0 radical (unpaired) electrons. The molecule has 0 saturated heterocycles. The topological polar surface area (TPSA) is 117 Å². The number of rotatable bonds is 7. The van der Waals surface area contributed by atoms with E-state index in [9.17, 15) is 9.13 Å². The van der Waals surface area contributed by atoms with Crippen LogP contribution in [0.4, 0.5) is 0 Å². The molecule has 3 atom stereocenters. The van der Waals surface area contributed by atoms with Crippen LogP contribution in [-0.2, 0) is 27.5 Å². The molecule has 0 aromatic carbocycles. The predicted octanol–water partition coefficient (Wildman–Crippen LogP) is 0.915. The van der Waals surface area contributed by atoms with E-state index in [1.165, 1.54) is 0 Å². The molecule has 0 amide bonds. The molecule has 0 rings (SSSR count). The van der Waals surface area contributed by atoms with E-state index in [0.29, 0.717) is 0 Å². The maximum absolute atomic E-state index is 10.6. The van der Waals surface area contributed by atoms with E-state index >= 15 is 0 Å². The Balaban J connectivity index is 3.89. The summed E-state index contributed by atoms with van der Waals surface area (Å²) in [6.45, 7) is 1.61. The van der Waals surface area contributed by atoms with Crippen LogP contribution < -0.4 is 5.90 Å². The summed E-state index contributed by atoms with van der Waals surface area (Å²) in [7, 11) is -5.88. The molecule has 0 bridgehead atoms. The maximum atomic E-state index is 10.6. The molecule has 0 fully saturated rings. The van der Waals surface area contributed by atoms with Crippen LogP contribution in [0.15, 0.2) is 0 Å². The summed E-state index contributed by atoms with van der Waals surface area (Å²) in [4.78, 5) is 0. The zero-order valence-corrected chi connectivity index (χ0v) is 8.76. The van der Waals surface area contributed by atoms with Crippen molar-refractivity contribution in [3.05, 3.63) is 0 Å². The molecule has 80 valence electrons. The third-order valence-electron chi connectivity index (χ3n) is 0.959. The Kier molecular flexibility index (Phi) is 7.74. The summed E-state index contributed by atoms with van der Waals surface area (Å²) >= 11 is 0. The molecular weight excluding hydrogens is 224 g/mol. The first-order valence-corrected chi connectivity index (χ1v) is 5.68. The third kappa shape index (κ3) is 6.31. The van der Waals surface area contributed by atoms with Gasteiger partial charge < -0.3 is 0 Å². The lowest BCUT2D eigenvalue weighted by atomic mass is 10.5. The lowest BCUT2D eigenvalue weighted by Crippen LogP contribution is -2.09. The zero-order valence-electron chi connectivity index (χ0n) is 6.76. The van der Waals surface area contributed by atoms with Gasteiger partial charge >= 0.3 is 16.5 Å². The quantitative estimate of drug-likeness (QED) is 0.289. The van der Waals surface area contributed by atoms with Gasteiger partial charge in [0.15, 0.2) is 6.29 Å². The van der Waals surface area contributed by atoms with Crippen molar-refractivity contribution in [1.29, 1.82) is 0 Å². The van der Waals surface area contributed by atoms with Crippen molar-refractivity contribution in [2.45, 2.75) is 19.6 Å². The summed E-state index contributed by atoms with van der Waals surface area (Å²) in [5, 5.41) is 7.90. The fraction of sp³-hybridized carbons (Fsp3) is 1.00. The van der Waals surface area contributed by atoms with Gasteiger partial charge in [-0.2, -0.15) is 4.67 Å². The summed E-state index contributed by atoms with van der Waals surface area (Å²) in [6.07, 6.45) is -0.798. The Morgan fingerprint density at radius 2 is 1.92 bits per heavy atom. The first kappa shape index (κ1) is 13.2. The van der Waals surface area contributed by atoms with Crippen molar-refractivity contribution >= 4 is 16.5 Å². The summed E-state index contributed by atoms with van der Waals surface area (Å²) < 4.78 is 37.3. The van der Waals surface area contributed by atoms with E-state index in [1.807, 2.05) is 0 Å². The molecule has 0 saturated carbocycles. The van der Waals surface area contributed by atoms with Crippen molar-refractivity contribution < 1.29 is 32.7 Å². The Bertz CT molecular complexity index is 169. The molecule has 10 heteroatoms. The van der Waals surface area contributed by atoms with Crippen LogP contribution in [-0.4, -0.2) is 11.5 Å². The van der Waals surface area contributed by atoms with Crippen LogP contribution in [0.1, 0.15) is 13.3 Å². The molecule has 0 aromatic rings. The van der Waals surface area contributed by atoms with Gasteiger partial charge in [-0.05, 0) is 6.42 Å². The highest BCUT2D eigenvalue weighted by Gasteiger charge is 2.14. The molecule has 0 spiro atoms. The van der Waals surface area contributed by atoms with Crippen LogP contribution in [0.25, 0.3) is 0 Å². The van der Waals surface area contributed by atoms with E-state index in [4.69, 9.17) is 5.26 Å². The van der Waals surface area contributed by atoms with Gasteiger partial charge in [-0.1, -0.05) is 6.92 Å². The fourth-order valence-electron chi connectivity index (χ4n) is 0.455. The van der Waals surface area contributed by atoms with Crippen molar-refractivity contribution in [3.8, 4) is 0 Å². The van der Waals surface area contributed by atoms with Gasteiger partial charge in [0, 0.05) is 0 Å². The molecule has 13 heavy (non-hydrogen) atoms. The minimum atomic E-state index is -3.03. The monoisotopic (exact) mass is 235 g/mol. The maximum Gasteiger partial charge on any atom is 0.349 e. The third-order valence-corrected chi connectivity index (χ3v) is 2.21. The van der Waals surface area contributed by atoms with Crippen LogP contribution in [0.2, 0.25) is 0 Å². The van der Waals surface area contributed by atoms with Crippen molar-refractivity contribution in [2.24, 2.45) is 5.90 Å². The highest BCUT2D eigenvalue weighted by molar-refractivity contribution is 7.34. The average molecular weight is 235 g/mol. The number of hydrogen-bond acceptors (Lipinski definition) is 8. The Morgan fingerprint density at radius 1 is 1.38 bits per heavy atom. The Hall–Kier alpha value is 0.220. The lowest BCUT2D eigenvalue weighted by Gasteiger charge is -2.13. The standard InChI is InChI=1S/C3H11NO7P2/c1-2-3(8-12(6)10-4)9-13(7)11-5/h3,5,12-13H,2,4H2,1H3. The minimum absolute atomic E-state index is 0.250. The number of hydrogen-bond donors (Lipinski definition) is 2. The normalized spacial score (nSPS) is 18.1. The molecule has 0 aromatic heterocycles. The van der Waals surface area contributed by atoms with Gasteiger partial charge in [0.05, 0.1) is 0 Å². The molecular formula is C3H11NO7P2. The molecule has 0 aliphatic rings. The second-order valence-corrected chi connectivity index (χ2v) is 3.67. The van der Waals surface area contributed by atoms with Crippen LogP contribution >= 0.6 is 16.5 Å². The molecule has 3 unspecified atom stereocenters. The molecule has 3 N–H and O–H groups in total. The van der Waals surface area contributed by atoms with E-state index in [-0.39, 0.29) is 6.42 Å². The highest BCUT2D eigenvalue weighted by Crippen LogP contribution is 2.31. The van der Waals surface area contributed by atoms with Gasteiger partial charge in [0.1, 0.15) is 0 Å². The molecule has 0 aliphatic heterocycles. The van der Waals surface area contributed by atoms with Crippen molar-refractivity contribution in [3.63, 3.8) is 0 Å². The van der Waals surface area contributed by atoms with Gasteiger partial charge in [0.2, 0.25) is 0 Å². The minimum Gasteiger partial charge on any atom is -0.279 e. The molecule has 0 heterocycles. The van der Waals surface area contributed by atoms with E-state index < -0.39 is 22.8 Å². The van der Waals surface area contributed by atoms with Gasteiger partial charge in [-0.25, -0.2) is 15.8 Å². The van der Waals surface area contributed by atoms with Gasteiger partial charge in [-0.3, -0.25) is 18.2 Å². The summed E-state index contributed by atoms with van der Waals surface area (Å²) in [5.41, 5.74) is 0. The number of nitrogens with two attached hydrogens (primary N) is 1. The first-order chi connectivity index (χ1) is 6.13. The fourth-order valence-corrected chi connectivity index (χ4v) is 1.51. The van der Waals surface area contributed by atoms with E-state index in [2.05, 4.69) is 24.2 Å². The highest BCUT2D eigenvalue weighted by atomic mass is 31.1. The van der Waals surface area contributed by atoms with E-state index in [1.54, 1.807) is 6.92 Å². The van der Waals surface area contributed by atoms with Crippen molar-refractivity contribution in [2.75, 3.05) is 0 Å². The second kappa shape index (κ2) is 7.61. The Labute approximate surface area is 75.7 Å². The largest absolute Gasteiger partial charge is 0.349 e. The zero-order chi connectivity index (χ0) is 10.3. The summed E-state index contributed by atoms with van der Waals surface area (Å²) in [5.74, 6) is 4.54. The second-order valence-electron chi connectivity index (χ2n) is 1.78. The first-order valence-electron chi connectivity index (χ1n) is 3.23. The van der Waals surface area contributed by atoms with E-state index in [0.717, 1.165) is 0 Å². The van der Waals surface area contributed by atoms with Gasteiger partial charge in [-0.15, -0.1) is 0 Å². The van der Waals surface area contributed by atoms with Gasteiger partial charge in [0.25, 0.3) is 0 Å².